The average molecular weight is 319 g/mol. The fraction of sp³-hybridized carbons (Fsp3) is 0.0556. The normalized spacial score (nSPS) is 11.0. The van der Waals surface area contributed by atoms with Gasteiger partial charge in [0.2, 0.25) is 0 Å². The van der Waals surface area contributed by atoms with Gasteiger partial charge in [0.1, 0.15) is 16.7 Å². The highest BCUT2D eigenvalue weighted by molar-refractivity contribution is 6.33. The van der Waals surface area contributed by atoms with Crippen molar-refractivity contribution in [3.05, 3.63) is 64.9 Å². The lowest BCUT2D eigenvalue weighted by molar-refractivity contribution is 1.16. The highest BCUT2D eigenvalue weighted by atomic mass is 35.5. The molecule has 3 aromatic heterocycles. The van der Waals surface area contributed by atoms with Crippen molar-refractivity contribution in [2.24, 2.45) is 0 Å². The van der Waals surface area contributed by atoms with Crippen LogP contribution in [-0.2, 0) is 0 Å². The zero-order chi connectivity index (χ0) is 16.0. The molecule has 23 heavy (non-hydrogen) atoms. The Kier molecular flexibility index (Phi) is 3.03. The Bertz CT molecular complexity index is 1090. The van der Waals surface area contributed by atoms with Crippen LogP contribution in [0.15, 0.2) is 48.7 Å². The summed E-state index contributed by atoms with van der Waals surface area (Å²) in [6.07, 6.45) is 1.70. The molecule has 0 aliphatic rings. The fourth-order valence-corrected chi connectivity index (χ4v) is 3.31. The van der Waals surface area contributed by atoms with Crippen molar-refractivity contribution in [3.8, 4) is 17.2 Å². The first-order valence-electron chi connectivity index (χ1n) is 7.13. The first-order chi connectivity index (χ1) is 11.2. The third-order valence-corrected chi connectivity index (χ3v) is 4.32. The monoisotopic (exact) mass is 318 g/mol. The lowest BCUT2D eigenvalue weighted by atomic mass is 9.99. The Morgan fingerprint density at radius 2 is 1.87 bits per heavy atom. The molecule has 4 aromatic rings. The topological polar surface area (TPSA) is 54.0 Å². The van der Waals surface area contributed by atoms with Gasteiger partial charge in [0.25, 0.3) is 0 Å². The second kappa shape index (κ2) is 5.08. The summed E-state index contributed by atoms with van der Waals surface area (Å²) in [6, 6.07) is 15.8. The molecule has 0 saturated heterocycles. The van der Waals surface area contributed by atoms with Crippen LogP contribution in [0.2, 0.25) is 5.15 Å². The zero-order valence-electron chi connectivity index (χ0n) is 12.3. The van der Waals surface area contributed by atoms with Crippen LogP contribution in [0.3, 0.4) is 0 Å². The van der Waals surface area contributed by atoms with E-state index >= 15 is 0 Å². The van der Waals surface area contributed by atoms with Crippen LogP contribution < -0.4 is 0 Å². The number of nitriles is 1. The number of pyridine rings is 2. The predicted molar refractivity (Wildman–Crippen MR) is 90.4 cm³/mol. The molecular weight excluding hydrogens is 308 g/mol. The average Bonchev–Trinajstić information content (AvgIpc) is 2.95. The van der Waals surface area contributed by atoms with Gasteiger partial charge in [0.15, 0.2) is 11.3 Å². The molecule has 110 valence electrons. The van der Waals surface area contributed by atoms with Gasteiger partial charge in [0, 0.05) is 11.8 Å². The molecule has 0 N–H and O–H groups in total. The van der Waals surface area contributed by atoms with E-state index in [9.17, 15) is 5.26 Å². The maximum absolute atomic E-state index is 9.64. The number of aromatic nitrogens is 3. The lowest BCUT2D eigenvalue weighted by Crippen LogP contribution is -2.00. The Hall–Kier alpha value is -2.90. The Morgan fingerprint density at radius 1 is 1.09 bits per heavy atom. The largest absolute Gasteiger partial charge is 0.265 e. The second-order valence-corrected chi connectivity index (χ2v) is 5.62. The van der Waals surface area contributed by atoms with Crippen LogP contribution in [0.4, 0.5) is 0 Å². The highest BCUT2D eigenvalue weighted by Gasteiger charge is 2.20. The number of imidazole rings is 1. The van der Waals surface area contributed by atoms with Gasteiger partial charge in [-0.25, -0.2) is 9.97 Å². The fourth-order valence-electron chi connectivity index (χ4n) is 2.90. The third-order valence-electron chi connectivity index (χ3n) is 3.97. The number of hydrogen-bond acceptors (Lipinski definition) is 3. The van der Waals surface area contributed by atoms with Crippen LogP contribution >= 0.6 is 11.6 Å². The maximum Gasteiger partial charge on any atom is 0.165 e. The molecule has 0 aliphatic heterocycles. The molecule has 4 nitrogen and oxygen atoms in total. The molecule has 0 fully saturated rings. The van der Waals surface area contributed by atoms with Crippen molar-refractivity contribution in [2.45, 2.75) is 6.92 Å². The zero-order valence-corrected chi connectivity index (χ0v) is 13.0. The molecular formula is C18H11ClN4. The number of fused-ring (bicyclic) bond motifs is 3. The summed E-state index contributed by atoms with van der Waals surface area (Å²) in [6.45, 7) is 1.90. The van der Waals surface area contributed by atoms with Gasteiger partial charge in [-0.05, 0) is 30.2 Å². The van der Waals surface area contributed by atoms with Crippen LogP contribution in [0, 0.1) is 18.3 Å². The summed E-state index contributed by atoms with van der Waals surface area (Å²) in [4.78, 5) is 8.91. The van der Waals surface area contributed by atoms with Gasteiger partial charge >= 0.3 is 0 Å². The van der Waals surface area contributed by atoms with Crippen molar-refractivity contribution < 1.29 is 0 Å². The van der Waals surface area contributed by atoms with E-state index in [1.54, 1.807) is 10.6 Å². The number of nitrogens with zero attached hydrogens (tertiary/aromatic N) is 4. The van der Waals surface area contributed by atoms with Crippen LogP contribution in [0.5, 0.6) is 0 Å². The second-order valence-electron chi connectivity index (χ2n) is 5.26. The molecule has 0 unspecified atom stereocenters. The highest BCUT2D eigenvalue weighted by Crippen LogP contribution is 2.36. The van der Waals surface area contributed by atoms with Gasteiger partial charge in [-0.2, -0.15) is 5.26 Å². The molecule has 0 radical (unpaired) electrons. The van der Waals surface area contributed by atoms with Gasteiger partial charge < -0.3 is 0 Å². The Morgan fingerprint density at radius 3 is 2.61 bits per heavy atom. The maximum atomic E-state index is 9.64. The van der Waals surface area contributed by atoms with E-state index in [1.165, 1.54) is 0 Å². The minimum atomic E-state index is 0.518. The number of rotatable bonds is 1. The van der Waals surface area contributed by atoms with Gasteiger partial charge in [-0.1, -0.05) is 41.9 Å². The quantitative estimate of drug-likeness (QED) is 0.489. The predicted octanol–water partition coefficient (Wildman–Crippen LogP) is 4.38. The number of benzene rings is 1. The summed E-state index contributed by atoms with van der Waals surface area (Å²) in [5.41, 5.74) is 5.06. The molecule has 0 saturated carbocycles. The Labute approximate surface area is 137 Å². The first-order valence-corrected chi connectivity index (χ1v) is 7.51. The lowest BCUT2D eigenvalue weighted by Gasteiger charge is -2.13. The van der Waals surface area contributed by atoms with E-state index in [2.05, 4.69) is 16.0 Å². The smallest absolute Gasteiger partial charge is 0.165 e. The number of halogens is 1. The molecule has 3 heterocycles. The summed E-state index contributed by atoms with van der Waals surface area (Å²) in [5, 5.41) is 10.2. The molecule has 0 amide bonds. The molecule has 4 rings (SSSR count). The van der Waals surface area contributed by atoms with E-state index in [1.807, 2.05) is 49.4 Å². The first kappa shape index (κ1) is 13.7. The molecule has 1 aromatic carbocycles. The van der Waals surface area contributed by atoms with Gasteiger partial charge in [0.05, 0.1) is 5.56 Å². The van der Waals surface area contributed by atoms with E-state index < -0.39 is 0 Å². The molecule has 5 heteroatoms. The summed E-state index contributed by atoms with van der Waals surface area (Å²) in [5.74, 6) is 0. The van der Waals surface area contributed by atoms with Crippen LogP contribution in [0.1, 0.15) is 11.1 Å². The Balaban J connectivity index is 2.25. The molecule has 0 bridgehead atoms. The molecule has 0 atom stereocenters. The minimum absolute atomic E-state index is 0.518. The number of hydrogen-bond donors (Lipinski definition) is 0. The van der Waals surface area contributed by atoms with Crippen molar-refractivity contribution in [1.82, 2.24) is 14.4 Å². The minimum Gasteiger partial charge on any atom is -0.265 e. The molecule has 0 aliphatic carbocycles. The van der Waals surface area contributed by atoms with E-state index in [4.69, 9.17) is 11.6 Å². The van der Waals surface area contributed by atoms with E-state index in [0.717, 1.165) is 22.2 Å². The summed E-state index contributed by atoms with van der Waals surface area (Å²) >= 11 is 6.70. The van der Waals surface area contributed by atoms with Crippen molar-refractivity contribution in [3.63, 3.8) is 0 Å². The van der Waals surface area contributed by atoms with Gasteiger partial charge in [-0.3, -0.25) is 4.40 Å². The van der Waals surface area contributed by atoms with Crippen molar-refractivity contribution in [1.29, 1.82) is 5.26 Å². The summed E-state index contributed by atoms with van der Waals surface area (Å²) < 4.78 is 1.75. The van der Waals surface area contributed by atoms with Crippen LogP contribution in [-0.4, -0.2) is 14.4 Å². The third kappa shape index (κ3) is 1.91. The van der Waals surface area contributed by atoms with E-state index in [-0.39, 0.29) is 0 Å². The standard InChI is InChI=1S/C18H11ClN4/c1-11-13(10-20)17-22-14-8-5-9-21-18(14)23(17)16(19)15(11)12-6-3-2-4-7-12/h2-9H,1H3. The van der Waals surface area contributed by atoms with Crippen molar-refractivity contribution in [2.75, 3.05) is 0 Å². The van der Waals surface area contributed by atoms with Crippen LogP contribution in [0.25, 0.3) is 27.9 Å². The summed E-state index contributed by atoms with van der Waals surface area (Å²) in [7, 11) is 0. The van der Waals surface area contributed by atoms with Crippen molar-refractivity contribution >= 4 is 28.4 Å². The molecule has 0 spiro atoms. The SMILES string of the molecule is Cc1c(-c2ccccc2)c(Cl)n2c(nc3cccnc32)c1C#N. The van der Waals surface area contributed by atoms with Gasteiger partial charge in [-0.15, -0.1) is 0 Å². The van der Waals surface area contributed by atoms with E-state index in [0.29, 0.717) is 22.0 Å².